The van der Waals surface area contributed by atoms with Crippen molar-refractivity contribution in [3.63, 3.8) is 0 Å². The SMILES string of the molecule is COCC#Cc1ccc2nc(-c3cccnc3)nc(Nc3ccccc3CN)c2c1. The van der Waals surface area contributed by atoms with Crippen LogP contribution in [0.2, 0.25) is 0 Å². The minimum absolute atomic E-state index is 0.378. The van der Waals surface area contributed by atoms with Gasteiger partial charge in [-0.15, -0.1) is 0 Å². The number of aromatic nitrogens is 3. The maximum absolute atomic E-state index is 5.92. The molecule has 0 radical (unpaired) electrons. The molecular formula is C24H21N5O. The quantitative estimate of drug-likeness (QED) is 0.499. The minimum Gasteiger partial charge on any atom is -0.372 e. The third kappa shape index (κ3) is 4.28. The van der Waals surface area contributed by atoms with Gasteiger partial charge in [-0.1, -0.05) is 30.0 Å². The zero-order chi connectivity index (χ0) is 20.8. The zero-order valence-corrected chi connectivity index (χ0v) is 16.6. The summed E-state index contributed by atoms with van der Waals surface area (Å²) in [7, 11) is 1.62. The molecule has 0 atom stereocenters. The van der Waals surface area contributed by atoms with E-state index in [9.17, 15) is 0 Å². The smallest absolute Gasteiger partial charge is 0.163 e. The molecule has 0 bridgehead atoms. The van der Waals surface area contributed by atoms with Crippen LogP contribution in [0.4, 0.5) is 11.5 Å². The fraction of sp³-hybridized carbons (Fsp3) is 0.125. The van der Waals surface area contributed by atoms with Crippen LogP contribution in [0.1, 0.15) is 11.1 Å². The summed E-state index contributed by atoms with van der Waals surface area (Å²) in [6.45, 7) is 0.804. The molecule has 30 heavy (non-hydrogen) atoms. The van der Waals surface area contributed by atoms with Crippen molar-refractivity contribution in [1.82, 2.24) is 15.0 Å². The number of rotatable bonds is 5. The summed E-state index contributed by atoms with van der Waals surface area (Å²) >= 11 is 0. The fourth-order valence-corrected chi connectivity index (χ4v) is 3.08. The predicted octanol–water partition coefficient (Wildman–Crippen LogP) is 3.89. The van der Waals surface area contributed by atoms with Gasteiger partial charge in [0.1, 0.15) is 12.4 Å². The van der Waals surface area contributed by atoms with Gasteiger partial charge in [0.05, 0.1) is 5.52 Å². The molecule has 2 aromatic carbocycles. The van der Waals surface area contributed by atoms with Crippen LogP contribution in [-0.4, -0.2) is 28.7 Å². The Hall–Kier alpha value is -3.79. The maximum atomic E-state index is 5.92. The maximum Gasteiger partial charge on any atom is 0.163 e. The highest BCUT2D eigenvalue weighted by Gasteiger charge is 2.12. The van der Waals surface area contributed by atoms with Crippen LogP contribution in [0.25, 0.3) is 22.3 Å². The molecule has 0 amide bonds. The summed E-state index contributed by atoms with van der Waals surface area (Å²) in [5.41, 5.74) is 10.4. The lowest BCUT2D eigenvalue weighted by molar-refractivity contribution is 0.240. The number of hydrogen-bond acceptors (Lipinski definition) is 6. The van der Waals surface area contributed by atoms with Crippen molar-refractivity contribution in [1.29, 1.82) is 0 Å². The van der Waals surface area contributed by atoms with E-state index >= 15 is 0 Å². The molecule has 0 saturated carbocycles. The second-order valence-corrected chi connectivity index (χ2v) is 6.59. The lowest BCUT2D eigenvalue weighted by atomic mass is 10.1. The molecule has 0 spiro atoms. The van der Waals surface area contributed by atoms with Gasteiger partial charge in [-0.3, -0.25) is 4.98 Å². The summed E-state index contributed by atoms with van der Waals surface area (Å²) < 4.78 is 5.02. The van der Waals surface area contributed by atoms with Crippen molar-refractivity contribution in [3.05, 3.63) is 78.1 Å². The Bertz CT molecular complexity index is 1230. The minimum atomic E-state index is 0.378. The number of para-hydroxylation sites is 1. The van der Waals surface area contributed by atoms with E-state index in [-0.39, 0.29) is 0 Å². The van der Waals surface area contributed by atoms with Crippen molar-refractivity contribution in [2.45, 2.75) is 6.54 Å². The molecular weight excluding hydrogens is 374 g/mol. The van der Waals surface area contributed by atoms with Gasteiger partial charge < -0.3 is 15.8 Å². The van der Waals surface area contributed by atoms with Gasteiger partial charge in [0, 0.05) is 48.2 Å². The highest BCUT2D eigenvalue weighted by molar-refractivity contribution is 5.93. The summed E-state index contributed by atoms with van der Waals surface area (Å²) in [5, 5.41) is 4.32. The number of fused-ring (bicyclic) bond motifs is 1. The number of benzene rings is 2. The highest BCUT2D eigenvalue weighted by Crippen LogP contribution is 2.29. The largest absolute Gasteiger partial charge is 0.372 e. The van der Waals surface area contributed by atoms with Gasteiger partial charge in [0.15, 0.2) is 5.82 Å². The molecule has 0 aliphatic carbocycles. The number of nitrogens with two attached hydrogens (primary N) is 1. The number of hydrogen-bond donors (Lipinski definition) is 2. The zero-order valence-electron chi connectivity index (χ0n) is 16.6. The highest BCUT2D eigenvalue weighted by atomic mass is 16.5. The molecule has 0 saturated heterocycles. The van der Waals surface area contributed by atoms with Crippen molar-refractivity contribution in [3.8, 4) is 23.2 Å². The first kappa shape index (κ1) is 19.5. The Labute approximate surface area is 175 Å². The number of methoxy groups -OCH3 is 1. The molecule has 4 rings (SSSR count). The first-order valence-electron chi connectivity index (χ1n) is 9.53. The Morgan fingerprint density at radius 2 is 1.97 bits per heavy atom. The molecule has 0 fully saturated rings. The Morgan fingerprint density at radius 3 is 2.77 bits per heavy atom. The average molecular weight is 395 g/mol. The topological polar surface area (TPSA) is 86.0 Å². The first-order chi connectivity index (χ1) is 14.8. The number of ether oxygens (including phenoxy) is 1. The molecule has 148 valence electrons. The standard InChI is InChI=1S/C24H21N5O/c1-30-13-5-6-17-10-11-22-20(14-17)24(27-21-9-3-2-7-18(21)15-25)29-23(28-22)19-8-4-12-26-16-19/h2-4,7-12,14,16H,13,15,25H2,1H3,(H,27,28,29). The van der Waals surface area contributed by atoms with Crippen molar-refractivity contribution in [2.24, 2.45) is 5.73 Å². The van der Waals surface area contributed by atoms with Crippen LogP contribution in [0.3, 0.4) is 0 Å². The van der Waals surface area contributed by atoms with Gasteiger partial charge in [-0.2, -0.15) is 0 Å². The molecule has 0 unspecified atom stereocenters. The van der Waals surface area contributed by atoms with Gasteiger partial charge >= 0.3 is 0 Å². The molecule has 0 aliphatic rings. The lowest BCUT2D eigenvalue weighted by Gasteiger charge is -2.14. The van der Waals surface area contributed by atoms with Crippen molar-refractivity contribution in [2.75, 3.05) is 19.0 Å². The average Bonchev–Trinajstić information content (AvgIpc) is 2.80. The van der Waals surface area contributed by atoms with E-state index in [1.807, 2.05) is 54.6 Å². The molecule has 6 nitrogen and oxygen atoms in total. The van der Waals surface area contributed by atoms with Crippen LogP contribution in [0, 0.1) is 11.8 Å². The van der Waals surface area contributed by atoms with Crippen LogP contribution in [0.15, 0.2) is 67.0 Å². The Kier molecular flexibility index (Phi) is 5.95. The van der Waals surface area contributed by atoms with Gasteiger partial charge in [-0.05, 0) is 42.0 Å². The Morgan fingerprint density at radius 1 is 1.07 bits per heavy atom. The molecule has 2 heterocycles. The first-order valence-corrected chi connectivity index (χ1v) is 9.53. The third-order valence-corrected chi connectivity index (χ3v) is 4.56. The van der Waals surface area contributed by atoms with Crippen molar-refractivity contribution >= 4 is 22.4 Å². The summed E-state index contributed by atoms with van der Waals surface area (Å²) in [6, 6.07) is 17.6. The van der Waals surface area contributed by atoms with E-state index in [0.29, 0.717) is 24.8 Å². The predicted molar refractivity (Wildman–Crippen MR) is 119 cm³/mol. The van der Waals surface area contributed by atoms with Crippen LogP contribution >= 0.6 is 0 Å². The Balaban J connectivity index is 1.86. The van der Waals surface area contributed by atoms with E-state index in [2.05, 4.69) is 22.1 Å². The lowest BCUT2D eigenvalue weighted by Crippen LogP contribution is -2.04. The second kappa shape index (κ2) is 9.14. The molecule has 4 aromatic rings. The third-order valence-electron chi connectivity index (χ3n) is 4.56. The van der Waals surface area contributed by atoms with E-state index in [0.717, 1.165) is 33.3 Å². The summed E-state index contributed by atoms with van der Waals surface area (Å²) in [6.07, 6.45) is 3.48. The number of nitrogens with one attached hydrogen (secondary N) is 1. The van der Waals surface area contributed by atoms with E-state index in [1.165, 1.54) is 0 Å². The second-order valence-electron chi connectivity index (χ2n) is 6.59. The van der Waals surface area contributed by atoms with Gasteiger partial charge in [-0.25, -0.2) is 9.97 Å². The monoisotopic (exact) mass is 395 g/mol. The van der Waals surface area contributed by atoms with E-state index in [1.54, 1.807) is 19.5 Å². The van der Waals surface area contributed by atoms with E-state index in [4.69, 9.17) is 20.4 Å². The van der Waals surface area contributed by atoms with Gasteiger partial charge in [0.2, 0.25) is 0 Å². The van der Waals surface area contributed by atoms with Crippen molar-refractivity contribution < 1.29 is 4.74 Å². The fourth-order valence-electron chi connectivity index (χ4n) is 3.08. The van der Waals surface area contributed by atoms with Crippen LogP contribution in [-0.2, 0) is 11.3 Å². The molecule has 6 heteroatoms. The normalized spacial score (nSPS) is 10.5. The molecule has 2 aromatic heterocycles. The van der Waals surface area contributed by atoms with Crippen LogP contribution < -0.4 is 11.1 Å². The van der Waals surface area contributed by atoms with Gasteiger partial charge in [0.25, 0.3) is 0 Å². The summed E-state index contributed by atoms with van der Waals surface area (Å²) in [4.78, 5) is 13.7. The number of anilines is 2. The number of pyridine rings is 1. The summed E-state index contributed by atoms with van der Waals surface area (Å²) in [5.74, 6) is 7.38. The van der Waals surface area contributed by atoms with E-state index < -0.39 is 0 Å². The molecule has 3 N–H and O–H groups in total. The van der Waals surface area contributed by atoms with Crippen LogP contribution in [0.5, 0.6) is 0 Å². The number of nitrogens with zero attached hydrogens (tertiary/aromatic N) is 3. The molecule has 0 aliphatic heterocycles.